The molecule has 132 valence electrons. The van der Waals surface area contributed by atoms with E-state index in [1.165, 1.54) is 4.90 Å². The average molecular weight is 351 g/mol. The number of anilines is 2. The van der Waals surface area contributed by atoms with Gasteiger partial charge in [0.1, 0.15) is 17.8 Å². The second-order valence-corrected chi connectivity index (χ2v) is 6.12. The Kier molecular flexibility index (Phi) is 3.84. The van der Waals surface area contributed by atoms with Crippen LogP contribution in [0.1, 0.15) is 12.8 Å². The van der Waals surface area contributed by atoms with Gasteiger partial charge in [-0.2, -0.15) is 0 Å². The topological polar surface area (TPSA) is 84.7 Å². The summed E-state index contributed by atoms with van der Waals surface area (Å²) in [5, 5.41) is 2.80. The van der Waals surface area contributed by atoms with Crippen LogP contribution in [0.3, 0.4) is 0 Å². The minimum atomic E-state index is -0.632. The molecule has 2 heterocycles. The highest BCUT2D eigenvalue weighted by molar-refractivity contribution is 6.06. The number of oxazole rings is 1. The molecular weight excluding hydrogens is 334 g/mol. The molecular formula is C19H17N3O4. The Morgan fingerprint density at radius 2 is 2.08 bits per heavy atom. The van der Waals surface area contributed by atoms with Crippen LogP contribution in [0.5, 0.6) is 5.75 Å². The van der Waals surface area contributed by atoms with Crippen molar-refractivity contribution in [3.05, 3.63) is 48.4 Å². The van der Waals surface area contributed by atoms with Gasteiger partial charge in [0.2, 0.25) is 5.91 Å². The molecule has 1 aromatic heterocycles. The first kappa shape index (κ1) is 16.1. The van der Waals surface area contributed by atoms with Gasteiger partial charge in [-0.15, -0.1) is 0 Å². The fraction of sp³-hybridized carbons (Fsp3) is 0.211. The highest BCUT2D eigenvalue weighted by Crippen LogP contribution is 2.33. The molecule has 0 aliphatic carbocycles. The van der Waals surface area contributed by atoms with E-state index in [1.807, 2.05) is 6.07 Å². The van der Waals surface area contributed by atoms with Crippen molar-refractivity contribution in [2.75, 3.05) is 16.8 Å². The number of para-hydroxylation sites is 2. The molecule has 1 atom stereocenters. The van der Waals surface area contributed by atoms with Gasteiger partial charge in [0.05, 0.1) is 5.69 Å². The molecule has 4 rings (SSSR count). The van der Waals surface area contributed by atoms with Crippen LogP contribution in [0.25, 0.3) is 11.1 Å². The zero-order chi connectivity index (χ0) is 18.3. The third-order valence-corrected chi connectivity index (χ3v) is 4.15. The standard InChI is InChI=1S/C19H17N3O4/c1-11-19(24)22(15-5-3-4-6-17(15)25-11)10-18(23)21-13-7-8-16-14(9-13)20-12(2)26-16/h3-9,11H,10H2,1-2H3,(H,21,23). The predicted octanol–water partition coefficient (Wildman–Crippen LogP) is 2.89. The number of ether oxygens (including phenoxy) is 1. The molecule has 2 aromatic carbocycles. The first-order valence-electron chi connectivity index (χ1n) is 8.25. The second kappa shape index (κ2) is 6.18. The first-order valence-corrected chi connectivity index (χ1v) is 8.25. The Balaban J connectivity index is 1.54. The Bertz CT molecular complexity index is 1010. The van der Waals surface area contributed by atoms with Gasteiger partial charge >= 0.3 is 0 Å². The van der Waals surface area contributed by atoms with E-state index < -0.39 is 6.10 Å². The van der Waals surface area contributed by atoms with Crippen molar-refractivity contribution < 1.29 is 18.7 Å². The van der Waals surface area contributed by atoms with Gasteiger partial charge in [-0.1, -0.05) is 12.1 Å². The smallest absolute Gasteiger partial charge is 0.268 e. The van der Waals surface area contributed by atoms with Crippen LogP contribution in [-0.4, -0.2) is 29.4 Å². The number of carbonyl (C=O) groups excluding carboxylic acids is 2. The first-order chi connectivity index (χ1) is 12.5. The molecule has 1 N–H and O–H groups in total. The number of benzene rings is 2. The van der Waals surface area contributed by atoms with Crippen molar-refractivity contribution >= 4 is 34.3 Å². The van der Waals surface area contributed by atoms with E-state index in [2.05, 4.69) is 10.3 Å². The number of fused-ring (bicyclic) bond motifs is 2. The average Bonchev–Trinajstić information content (AvgIpc) is 2.98. The maximum Gasteiger partial charge on any atom is 0.268 e. The van der Waals surface area contributed by atoms with E-state index in [0.717, 1.165) is 0 Å². The van der Waals surface area contributed by atoms with Crippen LogP contribution >= 0.6 is 0 Å². The molecule has 1 aliphatic rings. The summed E-state index contributed by atoms with van der Waals surface area (Å²) in [7, 11) is 0. The molecule has 3 aromatic rings. The summed E-state index contributed by atoms with van der Waals surface area (Å²) in [6.07, 6.45) is -0.632. The zero-order valence-corrected chi connectivity index (χ0v) is 14.4. The third kappa shape index (κ3) is 2.88. The SMILES string of the molecule is Cc1nc2cc(NC(=O)CN3C(=O)C(C)Oc4ccccc43)ccc2o1. The van der Waals surface area contributed by atoms with E-state index >= 15 is 0 Å². The van der Waals surface area contributed by atoms with Gasteiger partial charge in [0.15, 0.2) is 17.6 Å². The van der Waals surface area contributed by atoms with Gasteiger partial charge in [0, 0.05) is 12.6 Å². The largest absolute Gasteiger partial charge is 0.479 e. The number of rotatable bonds is 3. The van der Waals surface area contributed by atoms with Crippen LogP contribution < -0.4 is 15.0 Å². The monoisotopic (exact) mass is 351 g/mol. The van der Waals surface area contributed by atoms with E-state index in [9.17, 15) is 9.59 Å². The third-order valence-electron chi connectivity index (χ3n) is 4.15. The summed E-state index contributed by atoms with van der Waals surface area (Å²) in [6, 6.07) is 12.4. The normalized spacial score (nSPS) is 16.3. The van der Waals surface area contributed by atoms with E-state index in [-0.39, 0.29) is 18.4 Å². The molecule has 7 heteroatoms. The molecule has 7 nitrogen and oxygen atoms in total. The summed E-state index contributed by atoms with van der Waals surface area (Å²) in [5.41, 5.74) is 2.51. The lowest BCUT2D eigenvalue weighted by molar-refractivity contribution is -0.127. The van der Waals surface area contributed by atoms with E-state index in [0.29, 0.717) is 34.1 Å². The molecule has 1 aliphatic heterocycles. The van der Waals surface area contributed by atoms with E-state index in [1.54, 1.807) is 50.2 Å². The Hall–Kier alpha value is -3.35. The number of nitrogens with one attached hydrogen (secondary N) is 1. The van der Waals surface area contributed by atoms with Gasteiger partial charge in [0.25, 0.3) is 5.91 Å². The fourth-order valence-electron chi connectivity index (χ4n) is 2.99. The van der Waals surface area contributed by atoms with Crippen molar-refractivity contribution in [2.45, 2.75) is 20.0 Å². The Labute approximate surface area is 149 Å². The molecule has 0 spiro atoms. The number of nitrogens with zero attached hydrogens (tertiary/aromatic N) is 2. The lowest BCUT2D eigenvalue weighted by Crippen LogP contribution is -2.47. The lowest BCUT2D eigenvalue weighted by atomic mass is 10.2. The van der Waals surface area contributed by atoms with Gasteiger partial charge in [-0.25, -0.2) is 4.98 Å². The lowest BCUT2D eigenvalue weighted by Gasteiger charge is -2.32. The second-order valence-electron chi connectivity index (χ2n) is 6.12. The van der Waals surface area contributed by atoms with Crippen LogP contribution in [0, 0.1) is 6.92 Å². The van der Waals surface area contributed by atoms with Crippen molar-refractivity contribution in [1.29, 1.82) is 0 Å². The van der Waals surface area contributed by atoms with Gasteiger partial charge < -0.3 is 14.5 Å². The summed E-state index contributed by atoms with van der Waals surface area (Å²) >= 11 is 0. The molecule has 0 radical (unpaired) electrons. The molecule has 1 unspecified atom stereocenters. The molecule has 0 bridgehead atoms. The molecule has 2 amide bonds. The summed E-state index contributed by atoms with van der Waals surface area (Å²) in [5.74, 6) is 0.600. The number of amides is 2. The van der Waals surface area contributed by atoms with Crippen molar-refractivity contribution in [1.82, 2.24) is 4.98 Å². The van der Waals surface area contributed by atoms with Crippen LogP contribution in [0.2, 0.25) is 0 Å². The Morgan fingerprint density at radius 3 is 2.92 bits per heavy atom. The number of aryl methyl sites for hydroxylation is 1. The van der Waals surface area contributed by atoms with E-state index in [4.69, 9.17) is 9.15 Å². The molecule has 0 saturated carbocycles. The Morgan fingerprint density at radius 1 is 1.27 bits per heavy atom. The number of carbonyl (C=O) groups is 2. The van der Waals surface area contributed by atoms with Gasteiger partial charge in [-0.3, -0.25) is 14.5 Å². The van der Waals surface area contributed by atoms with Gasteiger partial charge in [-0.05, 0) is 37.3 Å². The highest BCUT2D eigenvalue weighted by atomic mass is 16.5. The summed E-state index contributed by atoms with van der Waals surface area (Å²) in [4.78, 5) is 30.6. The van der Waals surface area contributed by atoms with Crippen LogP contribution in [0.15, 0.2) is 46.9 Å². The quantitative estimate of drug-likeness (QED) is 0.784. The minimum absolute atomic E-state index is 0.0978. The maximum atomic E-state index is 12.5. The zero-order valence-electron chi connectivity index (χ0n) is 14.4. The molecule has 0 fully saturated rings. The minimum Gasteiger partial charge on any atom is -0.479 e. The number of hydrogen-bond donors (Lipinski definition) is 1. The summed E-state index contributed by atoms with van der Waals surface area (Å²) < 4.78 is 11.0. The van der Waals surface area contributed by atoms with Crippen LogP contribution in [0.4, 0.5) is 11.4 Å². The molecule has 0 saturated heterocycles. The fourth-order valence-corrected chi connectivity index (χ4v) is 2.99. The van der Waals surface area contributed by atoms with Crippen molar-refractivity contribution in [3.8, 4) is 5.75 Å². The predicted molar refractivity (Wildman–Crippen MR) is 96.3 cm³/mol. The molecule has 26 heavy (non-hydrogen) atoms. The van der Waals surface area contributed by atoms with Crippen molar-refractivity contribution in [2.24, 2.45) is 0 Å². The number of hydrogen-bond acceptors (Lipinski definition) is 5. The van der Waals surface area contributed by atoms with Crippen molar-refractivity contribution in [3.63, 3.8) is 0 Å². The maximum absolute atomic E-state index is 12.5. The highest BCUT2D eigenvalue weighted by Gasteiger charge is 2.32. The van der Waals surface area contributed by atoms with Crippen LogP contribution in [-0.2, 0) is 9.59 Å². The summed E-state index contributed by atoms with van der Waals surface area (Å²) in [6.45, 7) is 3.34. The number of aromatic nitrogens is 1.